The molecule has 0 aliphatic rings. The Morgan fingerprint density at radius 3 is 2.56 bits per heavy atom. The number of nitrogens with one attached hydrogen (secondary N) is 2. The lowest BCUT2D eigenvalue weighted by Gasteiger charge is -2.13. The number of hydrogen-bond acceptors (Lipinski definition) is 5. The van der Waals surface area contributed by atoms with E-state index in [1.807, 2.05) is 0 Å². The van der Waals surface area contributed by atoms with Gasteiger partial charge in [-0.15, -0.1) is 0 Å². The fourth-order valence-corrected chi connectivity index (χ4v) is 2.64. The number of amides is 1. The van der Waals surface area contributed by atoms with Crippen molar-refractivity contribution < 1.29 is 19.1 Å². The van der Waals surface area contributed by atoms with E-state index in [9.17, 15) is 14.4 Å². The van der Waals surface area contributed by atoms with Gasteiger partial charge in [0.15, 0.2) is 17.0 Å². The molecule has 0 fully saturated rings. The molecular formula is C17H18ClN3O4. The minimum absolute atomic E-state index is 0.135. The zero-order valence-electron chi connectivity index (χ0n) is 14.3. The maximum Gasteiger partial charge on any atom is 0.355 e. The number of Topliss-reactive ketones (excluding diaryl/α,β-unsaturated/α-hetero) is 1. The summed E-state index contributed by atoms with van der Waals surface area (Å²) in [6, 6.07) is 3.20. The molecule has 0 spiro atoms. The van der Waals surface area contributed by atoms with Crippen LogP contribution in [0.4, 0.5) is 5.69 Å². The summed E-state index contributed by atoms with van der Waals surface area (Å²) in [5.74, 6) is -1.41. The molecule has 2 aromatic heterocycles. The number of carbonyl (C=O) groups excluding carboxylic acids is 3. The van der Waals surface area contributed by atoms with E-state index in [2.05, 4.69) is 15.3 Å². The van der Waals surface area contributed by atoms with Gasteiger partial charge in [0.2, 0.25) is 0 Å². The van der Waals surface area contributed by atoms with Crippen molar-refractivity contribution in [2.45, 2.75) is 33.8 Å². The third-order valence-corrected chi connectivity index (χ3v) is 3.96. The first-order valence-corrected chi connectivity index (χ1v) is 7.92. The molecule has 0 aliphatic carbocycles. The number of aromatic amines is 1. The Balaban J connectivity index is 2.10. The zero-order chi connectivity index (χ0) is 18.7. The predicted octanol–water partition coefficient (Wildman–Crippen LogP) is 3.07. The number of halogens is 1. The van der Waals surface area contributed by atoms with Gasteiger partial charge in [0.1, 0.15) is 5.69 Å². The summed E-state index contributed by atoms with van der Waals surface area (Å²) < 4.78 is 5.18. The van der Waals surface area contributed by atoms with E-state index in [1.165, 1.54) is 20.0 Å². The summed E-state index contributed by atoms with van der Waals surface area (Å²) in [7, 11) is 0. The third-order valence-electron chi connectivity index (χ3n) is 3.66. The highest BCUT2D eigenvalue weighted by atomic mass is 35.5. The van der Waals surface area contributed by atoms with E-state index in [1.54, 1.807) is 26.0 Å². The Kier molecular flexibility index (Phi) is 5.58. The number of esters is 1. The van der Waals surface area contributed by atoms with Crippen molar-refractivity contribution in [3.63, 3.8) is 0 Å². The van der Waals surface area contributed by atoms with Crippen molar-refractivity contribution in [2.75, 3.05) is 5.32 Å². The smallest absolute Gasteiger partial charge is 0.355 e. The number of anilines is 1. The van der Waals surface area contributed by atoms with Crippen LogP contribution < -0.4 is 5.32 Å². The predicted molar refractivity (Wildman–Crippen MR) is 93.0 cm³/mol. The van der Waals surface area contributed by atoms with Crippen molar-refractivity contribution in [1.82, 2.24) is 9.97 Å². The lowest BCUT2D eigenvalue weighted by molar-refractivity contribution is -0.123. The van der Waals surface area contributed by atoms with Crippen LogP contribution in [0.25, 0.3) is 0 Å². The summed E-state index contributed by atoms with van der Waals surface area (Å²) in [5, 5.41) is 2.68. The number of aromatic nitrogens is 2. The first-order chi connectivity index (χ1) is 11.7. The Morgan fingerprint density at radius 1 is 1.32 bits per heavy atom. The second kappa shape index (κ2) is 7.48. The summed E-state index contributed by atoms with van der Waals surface area (Å²) in [5.41, 5.74) is 2.00. The van der Waals surface area contributed by atoms with Crippen LogP contribution in [0, 0.1) is 13.8 Å². The van der Waals surface area contributed by atoms with Gasteiger partial charge in [0, 0.05) is 17.5 Å². The SMILES string of the molecule is CC(=O)c1c(C)[nH]c(C(=O)O[C@@H](C)C(=O)Nc2cccnc2Cl)c1C. The second-order valence-corrected chi connectivity index (χ2v) is 5.92. The molecule has 2 N–H and O–H groups in total. The van der Waals surface area contributed by atoms with Crippen molar-refractivity contribution in [3.05, 3.63) is 46.0 Å². The number of pyridine rings is 1. The molecule has 2 rings (SSSR count). The molecule has 132 valence electrons. The summed E-state index contributed by atoms with van der Waals surface area (Å²) in [4.78, 5) is 42.8. The van der Waals surface area contributed by atoms with Crippen LogP contribution in [-0.2, 0) is 9.53 Å². The molecule has 0 aliphatic heterocycles. The molecule has 1 atom stereocenters. The fraction of sp³-hybridized carbons (Fsp3) is 0.294. The largest absolute Gasteiger partial charge is 0.448 e. The molecule has 0 radical (unpaired) electrons. The Hall–Kier alpha value is -2.67. The van der Waals surface area contributed by atoms with Crippen LogP contribution in [0.5, 0.6) is 0 Å². The summed E-state index contributed by atoms with van der Waals surface area (Å²) in [6.45, 7) is 6.21. The first-order valence-electron chi connectivity index (χ1n) is 7.54. The summed E-state index contributed by atoms with van der Waals surface area (Å²) in [6.07, 6.45) is 0.428. The molecule has 0 saturated carbocycles. The van der Waals surface area contributed by atoms with Crippen LogP contribution >= 0.6 is 11.6 Å². The van der Waals surface area contributed by atoms with Gasteiger partial charge >= 0.3 is 5.97 Å². The highest BCUT2D eigenvalue weighted by molar-refractivity contribution is 6.32. The zero-order valence-corrected chi connectivity index (χ0v) is 15.0. The van der Waals surface area contributed by atoms with Crippen LogP contribution in [0.2, 0.25) is 5.15 Å². The molecule has 8 heteroatoms. The molecule has 25 heavy (non-hydrogen) atoms. The minimum atomic E-state index is -1.06. The lowest BCUT2D eigenvalue weighted by atomic mass is 10.1. The van der Waals surface area contributed by atoms with Crippen molar-refractivity contribution >= 4 is 34.9 Å². The second-order valence-electron chi connectivity index (χ2n) is 5.56. The molecule has 7 nitrogen and oxygen atoms in total. The average Bonchev–Trinajstić information content (AvgIpc) is 2.84. The van der Waals surface area contributed by atoms with E-state index >= 15 is 0 Å². The van der Waals surface area contributed by atoms with Gasteiger partial charge in [0.05, 0.1) is 5.69 Å². The van der Waals surface area contributed by atoms with E-state index in [4.69, 9.17) is 16.3 Å². The number of ether oxygens (including phenoxy) is 1. The minimum Gasteiger partial charge on any atom is -0.448 e. The Bertz CT molecular complexity index is 844. The fourth-order valence-electron chi connectivity index (χ4n) is 2.47. The Morgan fingerprint density at radius 2 is 2.00 bits per heavy atom. The number of hydrogen-bond donors (Lipinski definition) is 2. The van der Waals surface area contributed by atoms with Gasteiger partial charge < -0.3 is 15.0 Å². The number of ketones is 1. The van der Waals surface area contributed by atoms with Crippen molar-refractivity contribution in [1.29, 1.82) is 0 Å². The standard InChI is InChI=1S/C17H18ClN3O4/c1-8-13(10(3)22)9(2)20-14(8)17(24)25-11(4)16(23)21-12-6-5-7-19-15(12)18/h5-7,11,20H,1-4H3,(H,21,23)/t11-/m0/s1. The quantitative estimate of drug-likeness (QED) is 0.483. The van der Waals surface area contributed by atoms with E-state index in [0.29, 0.717) is 22.5 Å². The highest BCUT2D eigenvalue weighted by Crippen LogP contribution is 2.21. The van der Waals surface area contributed by atoms with Gasteiger partial charge in [-0.25, -0.2) is 9.78 Å². The van der Waals surface area contributed by atoms with Crippen LogP contribution in [0.3, 0.4) is 0 Å². The molecule has 0 unspecified atom stereocenters. The van der Waals surface area contributed by atoms with Crippen LogP contribution in [-0.4, -0.2) is 33.7 Å². The van der Waals surface area contributed by atoms with E-state index in [-0.39, 0.29) is 16.6 Å². The monoisotopic (exact) mass is 363 g/mol. The Labute approximate surface area is 149 Å². The normalized spacial score (nSPS) is 11.7. The molecule has 0 saturated heterocycles. The maximum atomic E-state index is 12.3. The number of carbonyl (C=O) groups is 3. The van der Waals surface area contributed by atoms with Gasteiger partial charge in [-0.2, -0.15) is 0 Å². The molecule has 0 aromatic carbocycles. The first kappa shape index (κ1) is 18.7. The number of nitrogens with zero attached hydrogens (tertiary/aromatic N) is 1. The number of aryl methyl sites for hydroxylation is 1. The summed E-state index contributed by atoms with van der Waals surface area (Å²) >= 11 is 5.87. The van der Waals surface area contributed by atoms with Gasteiger partial charge in [-0.05, 0) is 45.4 Å². The van der Waals surface area contributed by atoms with Gasteiger partial charge in [0.25, 0.3) is 5.91 Å². The highest BCUT2D eigenvalue weighted by Gasteiger charge is 2.25. The molecule has 0 bridgehead atoms. The average molecular weight is 364 g/mol. The maximum absolute atomic E-state index is 12.3. The molecule has 2 aromatic rings. The van der Waals surface area contributed by atoms with Crippen LogP contribution in [0.15, 0.2) is 18.3 Å². The van der Waals surface area contributed by atoms with Crippen molar-refractivity contribution in [2.24, 2.45) is 0 Å². The van der Waals surface area contributed by atoms with E-state index < -0.39 is 18.0 Å². The number of H-pyrrole nitrogens is 1. The van der Waals surface area contributed by atoms with Gasteiger partial charge in [-0.3, -0.25) is 9.59 Å². The molecule has 2 heterocycles. The third kappa shape index (κ3) is 4.06. The number of rotatable bonds is 5. The molecule has 1 amide bonds. The topological polar surface area (TPSA) is 101 Å². The van der Waals surface area contributed by atoms with Crippen LogP contribution in [0.1, 0.15) is 46.0 Å². The van der Waals surface area contributed by atoms with E-state index in [0.717, 1.165) is 0 Å². The van der Waals surface area contributed by atoms with Crippen molar-refractivity contribution in [3.8, 4) is 0 Å². The van der Waals surface area contributed by atoms with Gasteiger partial charge in [-0.1, -0.05) is 11.6 Å². The lowest BCUT2D eigenvalue weighted by Crippen LogP contribution is -2.30. The molecular weight excluding hydrogens is 346 g/mol.